The lowest BCUT2D eigenvalue weighted by Gasteiger charge is -2.29. The van der Waals surface area contributed by atoms with Gasteiger partial charge >= 0.3 is 0 Å². The van der Waals surface area contributed by atoms with Crippen LogP contribution in [0.2, 0.25) is 5.02 Å². The monoisotopic (exact) mass is 409 g/mol. The van der Waals surface area contributed by atoms with Gasteiger partial charge in [0, 0.05) is 37.7 Å². The van der Waals surface area contributed by atoms with E-state index in [-0.39, 0.29) is 30.8 Å². The molecule has 0 spiro atoms. The summed E-state index contributed by atoms with van der Waals surface area (Å²) in [4.78, 5) is 27.7. The number of nitrogens with one attached hydrogen (secondary N) is 1. The number of likely N-dealkylation sites (N-methyl/N-ethyl adjacent to an activating group) is 1. The van der Waals surface area contributed by atoms with E-state index in [9.17, 15) is 9.59 Å². The first-order valence-electron chi connectivity index (χ1n) is 6.68. The van der Waals surface area contributed by atoms with Crippen LogP contribution in [0.1, 0.15) is 10.4 Å². The van der Waals surface area contributed by atoms with Crippen LogP contribution in [0.25, 0.3) is 0 Å². The Kier molecular flexibility index (Phi) is 7.62. The van der Waals surface area contributed by atoms with Crippen LogP contribution in [-0.4, -0.2) is 61.4 Å². The zero-order chi connectivity index (χ0) is 15.4. The van der Waals surface area contributed by atoms with Crippen molar-refractivity contribution in [2.75, 3.05) is 39.8 Å². The van der Waals surface area contributed by atoms with Gasteiger partial charge in [0.15, 0.2) is 0 Å². The average molecular weight is 411 g/mol. The van der Waals surface area contributed by atoms with E-state index >= 15 is 0 Å². The summed E-state index contributed by atoms with van der Waals surface area (Å²) in [6.45, 7) is 3.00. The van der Waals surface area contributed by atoms with E-state index in [0.717, 1.165) is 17.6 Å². The number of nitrogens with zero attached hydrogens (tertiary/aromatic N) is 2. The molecule has 1 aromatic carbocycles. The van der Waals surface area contributed by atoms with Crippen LogP contribution in [0.3, 0.4) is 0 Å². The van der Waals surface area contributed by atoms with Crippen molar-refractivity contribution < 1.29 is 9.59 Å². The van der Waals surface area contributed by atoms with Crippen molar-refractivity contribution >= 4 is 51.8 Å². The van der Waals surface area contributed by atoms with E-state index in [1.165, 1.54) is 4.90 Å². The Morgan fingerprint density at radius 1 is 1.36 bits per heavy atom. The molecule has 1 aliphatic heterocycles. The fourth-order valence-electron chi connectivity index (χ4n) is 2.16. The van der Waals surface area contributed by atoms with Crippen LogP contribution in [0.15, 0.2) is 22.7 Å². The van der Waals surface area contributed by atoms with Gasteiger partial charge in [0.2, 0.25) is 5.91 Å². The number of carbonyl (C=O) groups is 2. The molecule has 1 aromatic rings. The molecule has 0 saturated carbocycles. The van der Waals surface area contributed by atoms with Gasteiger partial charge in [-0.25, -0.2) is 0 Å². The molecule has 1 aliphatic rings. The maximum absolute atomic E-state index is 12.4. The predicted molar refractivity (Wildman–Crippen MR) is 92.8 cm³/mol. The van der Waals surface area contributed by atoms with Gasteiger partial charge in [0.1, 0.15) is 0 Å². The number of carbonyl (C=O) groups excluding carboxylic acids is 2. The maximum atomic E-state index is 12.4. The first-order valence-corrected chi connectivity index (χ1v) is 7.85. The van der Waals surface area contributed by atoms with E-state index in [1.807, 2.05) is 0 Å². The van der Waals surface area contributed by atoms with E-state index in [4.69, 9.17) is 11.6 Å². The SMILES string of the molecule is CN(CC(=O)N1CCNCC1)C(=O)c1cc(Br)ccc1Cl.Cl. The van der Waals surface area contributed by atoms with Crippen LogP contribution < -0.4 is 5.32 Å². The molecule has 0 aliphatic carbocycles. The van der Waals surface area contributed by atoms with Crippen molar-refractivity contribution in [3.05, 3.63) is 33.3 Å². The van der Waals surface area contributed by atoms with Crippen molar-refractivity contribution in [1.82, 2.24) is 15.1 Å². The number of halogens is 3. The molecule has 0 aromatic heterocycles. The molecule has 1 heterocycles. The van der Waals surface area contributed by atoms with E-state index in [1.54, 1.807) is 30.1 Å². The Morgan fingerprint density at radius 3 is 2.64 bits per heavy atom. The average Bonchev–Trinajstić information content (AvgIpc) is 2.49. The Hall–Kier alpha value is -0.820. The van der Waals surface area contributed by atoms with Crippen molar-refractivity contribution in [2.45, 2.75) is 0 Å². The molecule has 2 amide bonds. The van der Waals surface area contributed by atoms with Crippen LogP contribution in [0.5, 0.6) is 0 Å². The van der Waals surface area contributed by atoms with Gasteiger partial charge in [-0.2, -0.15) is 0 Å². The zero-order valence-corrected chi connectivity index (χ0v) is 15.3. The molecular weight excluding hydrogens is 393 g/mol. The van der Waals surface area contributed by atoms with Gasteiger partial charge < -0.3 is 15.1 Å². The molecule has 1 saturated heterocycles. The maximum Gasteiger partial charge on any atom is 0.255 e. The number of piperazine rings is 1. The smallest absolute Gasteiger partial charge is 0.255 e. The normalized spacial score (nSPS) is 14.2. The minimum atomic E-state index is -0.259. The summed E-state index contributed by atoms with van der Waals surface area (Å²) < 4.78 is 0.775. The lowest BCUT2D eigenvalue weighted by Crippen LogP contribution is -2.49. The van der Waals surface area contributed by atoms with Gasteiger partial charge in [-0.05, 0) is 18.2 Å². The summed E-state index contributed by atoms with van der Waals surface area (Å²) in [5.41, 5.74) is 0.390. The number of hydrogen-bond donors (Lipinski definition) is 1. The molecule has 2 rings (SSSR count). The first kappa shape index (κ1) is 19.2. The summed E-state index contributed by atoms with van der Waals surface area (Å²) in [5.74, 6) is -0.303. The Morgan fingerprint density at radius 2 is 2.00 bits per heavy atom. The van der Waals surface area contributed by atoms with Crippen LogP contribution in [0, 0.1) is 0 Å². The standard InChI is InChI=1S/C14H17BrClN3O2.ClH/c1-18(9-13(20)19-6-4-17-5-7-19)14(21)11-8-10(15)2-3-12(11)16;/h2-3,8,17H,4-7,9H2,1H3;1H. The second-order valence-corrected chi connectivity index (χ2v) is 6.24. The summed E-state index contributed by atoms with van der Waals surface area (Å²) in [5, 5.41) is 3.57. The largest absolute Gasteiger partial charge is 0.339 e. The quantitative estimate of drug-likeness (QED) is 0.829. The highest BCUT2D eigenvalue weighted by molar-refractivity contribution is 9.10. The third-order valence-corrected chi connectivity index (χ3v) is 4.17. The second kappa shape index (κ2) is 8.72. The van der Waals surface area contributed by atoms with Crippen molar-refractivity contribution in [3.63, 3.8) is 0 Å². The van der Waals surface area contributed by atoms with Gasteiger partial charge in [0.25, 0.3) is 5.91 Å². The predicted octanol–water partition coefficient (Wildman–Crippen LogP) is 2.03. The molecule has 22 heavy (non-hydrogen) atoms. The Bertz CT molecular complexity index is 551. The lowest BCUT2D eigenvalue weighted by molar-refractivity contribution is -0.132. The second-order valence-electron chi connectivity index (χ2n) is 4.92. The lowest BCUT2D eigenvalue weighted by atomic mass is 10.2. The van der Waals surface area contributed by atoms with Gasteiger partial charge in [0.05, 0.1) is 17.1 Å². The Balaban J connectivity index is 0.00000242. The number of amides is 2. The van der Waals surface area contributed by atoms with Gasteiger partial charge in [-0.1, -0.05) is 27.5 Å². The fourth-order valence-corrected chi connectivity index (χ4v) is 2.72. The van der Waals surface area contributed by atoms with Crippen molar-refractivity contribution in [3.8, 4) is 0 Å². The zero-order valence-electron chi connectivity index (χ0n) is 12.1. The number of hydrogen-bond acceptors (Lipinski definition) is 3. The van der Waals surface area contributed by atoms with E-state index in [2.05, 4.69) is 21.2 Å². The minimum Gasteiger partial charge on any atom is -0.339 e. The molecule has 5 nitrogen and oxygen atoms in total. The fraction of sp³-hybridized carbons (Fsp3) is 0.429. The summed E-state index contributed by atoms with van der Waals surface area (Å²) >= 11 is 9.36. The number of benzene rings is 1. The van der Waals surface area contributed by atoms with Crippen LogP contribution in [-0.2, 0) is 4.79 Å². The van der Waals surface area contributed by atoms with E-state index < -0.39 is 0 Å². The van der Waals surface area contributed by atoms with Gasteiger partial charge in [-0.3, -0.25) is 9.59 Å². The highest BCUT2D eigenvalue weighted by Gasteiger charge is 2.22. The van der Waals surface area contributed by atoms with Crippen LogP contribution >= 0.6 is 39.9 Å². The molecule has 0 atom stereocenters. The Labute approximate surface area is 149 Å². The molecule has 1 fully saturated rings. The summed E-state index contributed by atoms with van der Waals surface area (Å²) in [7, 11) is 1.61. The summed E-state index contributed by atoms with van der Waals surface area (Å²) in [6.07, 6.45) is 0. The molecule has 122 valence electrons. The van der Waals surface area contributed by atoms with Crippen molar-refractivity contribution in [2.24, 2.45) is 0 Å². The van der Waals surface area contributed by atoms with Crippen LogP contribution in [0.4, 0.5) is 0 Å². The molecule has 0 radical (unpaired) electrons. The molecule has 0 unspecified atom stereocenters. The molecule has 8 heteroatoms. The van der Waals surface area contributed by atoms with Crippen molar-refractivity contribution in [1.29, 1.82) is 0 Å². The highest BCUT2D eigenvalue weighted by Crippen LogP contribution is 2.22. The highest BCUT2D eigenvalue weighted by atomic mass is 79.9. The third kappa shape index (κ3) is 4.84. The molecule has 0 bridgehead atoms. The van der Waals surface area contributed by atoms with E-state index in [0.29, 0.717) is 23.7 Å². The topological polar surface area (TPSA) is 52.7 Å². The number of rotatable bonds is 3. The summed E-state index contributed by atoms with van der Waals surface area (Å²) in [6, 6.07) is 5.09. The minimum absolute atomic E-state index is 0. The molecule has 1 N–H and O–H groups in total. The molecular formula is C14H18BrCl2N3O2. The van der Waals surface area contributed by atoms with Gasteiger partial charge in [-0.15, -0.1) is 12.4 Å². The third-order valence-electron chi connectivity index (χ3n) is 3.35. The first-order chi connectivity index (χ1) is 9.99.